The zero-order valence-corrected chi connectivity index (χ0v) is 12.4. The van der Waals surface area contributed by atoms with Gasteiger partial charge in [-0.1, -0.05) is 20.8 Å². The second-order valence-electron chi connectivity index (χ2n) is 6.06. The van der Waals surface area contributed by atoms with Gasteiger partial charge in [-0.05, 0) is 33.2 Å². The molecule has 1 aliphatic heterocycles. The predicted octanol–water partition coefficient (Wildman–Crippen LogP) is 2.22. The molecule has 0 spiro atoms. The minimum Gasteiger partial charge on any atom is -0.341 e. The molecule has 1 rings (SSSR count). The van der Waals surface area contributed by atoms with E-state index in [1.807, 2.05) is 25.8 Å². The molecular formula is C14H28N2O. The summed E-state index contributed by atoms with van der Waals surface area (Å²) in [4.78, 5) is 16.5. The van der Waals surface area contributed by atoms with Gasteiger partial charge in [-0.2, -0.15) is 0 Å². The number of rotatable bonds is 2. The van der Waals surface area contributed by atoms with Gasteiger partial charge in [0.15, 0.2) is 0 Å². The van der Waals surface area contributed by atoms with E-state index in [1.54, 1.807) is 0 Å². The van der Waals surface area contributed by atoms with Crippen molar-refractivity contribution in [3.05, 3.63) is 0 Å². The van der Waals surface area contributed by atoms with Gasteiger partial charge in [0, 0.05) is 31.1 Å². The zero-order chi connectivity index (χ0) is 13.3. The number of carbonyl (C=O) groups excluding carboxylic acids is 1. The molecule has 0 radical (unpaired) electrons. The van der Waals surface area contributed by atoms with Crippen LogP contribution in [-0.2, 0) is 4.79 Å². The lowest BCUT2D eigenvalue weighted by molar-refractivity contribution is -0.139. The van der Waals surface area contributed by atoms with Crippen LogP contribution in [0.15, 0.2) is 0 Å². The lowest BCUT2D eigenvalue weighted by atomic mass is 9.83. The molecule has 3 nitrogen and oxygen atoms in total. The van der Waals surface area contributed by atoms with E-state index in [0.29, 0.717) is 24.0 Å². The predicted molar refractivity (Wildman–Crippen MR) is 71.9 cm³/mol. The minimum absolute atomic E-state index is 0.0871. The van der Waals surface area contributed by atoms with Crippen molar-refractivity contribution in [2.75, 3.05) is 14.1 Å². The van der Waals surface area contributed by atoms with Gasteiger partial charge >= 0.3 is 0 Å². The van der Waals surface area contributed by atoms with Gasteiger partial charge in [0.1, 0.15) is 0 Å². The number of likely N-dealkylation sites (N-methyl/N-ethyl adjacent to an activating group) is 2. The molecule has 3 heteroatoms. The monoisotopic (exact) mass is 240 g/mol. The summed E-state index contributed by atoms with van der Waals surface area (Å²) in [5, 5.41) is 0. The summed E-state index contributed by atoms with van der Waals surface area (Å²) in [7, 11) is 4.13. The lowest BCUT2D eigenvalue weighted by Gasteiger charge is -2.49. The number of hydrogen-bond acceptors (Lipinski definition) is 2. The maximum absolute atomic E-state index is 12.1. The minimum atomic E-state index is 0.0871. The normalized spacial score (nSPS) is 35.1. The first kappa shape index (κ1) is 14.5. The molecule has 100 valence electrons. The van der Waals surface area contributed by atoms with E-state index < -0.39 is 0 Å². The Balaban J connectivity index is 2.84. The molecule has 1 aliphatic rings. The van der Waals surface area contributed by atoms with Crippen LogP contribution in [0.3, 0.4) is 0 Å². The summed E-state index contributed by atoms with van der Waals surface area (Å²) in [5.41, 5.74) is 0. The molecule has 0 bridgehead atoms. The van der Waals surface area contributed by atoms with Crippen LogP contribution in [0.25, 0.3) is 0 Å². The van der Waals surface area contributed by atoms with Crippen LogP contribution in [0, 0.1) is 11.8 Å². The molecule has 1 saturated heterocycles. The largest absolute Gasteiger partial charge is 0.341 e. The molecule has 0 aromatic carbocycles. The van der Waals surface area contributed by atoms with Gasteiger partial charge in [0.25, 0.3) is 0 Å². The average molecular weight is 240 g/mol. The molecule has 17 heavy (non-hydrogen) atoms. The van der Waals surface area contributed by atoms with E-state index in [4.69, 9.17) is 0 Å². The second kappa shape index (κ2) is 5.38. The molecule has 0 N–H and O–H groups in total. The number of amides is 1. The van der Waals surface area contributed by atoms with E-state index in [0.717, 1.165) is 0 Å². The number of carbonyl (C=O) groups is 1. The Labute approximate surface area is 106 Å². The smallest absolute Gasteiger partial charge is 0.225 e. The molecule has 4 atom stereocenters. The van der Waals surface area contributed by atoms with Crippen molar-refractivity contribution in [1.82, 2.24) is 9.80 Å². The van der Waals surface area contributed by atoms with E-state index >= 15 is 0 Å². The van der Waals surface area contributed by atoms with Gasteiger partial charge in [-0.15, -0.1) is 0 Å². The Kier molecular flexibility index (Phi) is 4.59. The highest BCUT2D eigenvalue weighted by molar-refractivity contribution is 5.78. The van der Waals surface area contributed by atoms with E-state index in [9.17, 15) is 4.79 Å². The number of piperidine rings is 1. The SMILES string of the molecule is CC(C)C(=O)N(C)C1C(C)CC(C)N(C)C1C. The number of nitrogens with zero attached hydrogens (tertiary/aromatic N) is 2. The number of hydrogen-bond donors (Lipinski definition) is 0. The van der Waals surface area contributed by atoms with Gasteiger partial charge in [-0.3, -0.25) is 9.69 Å². The Bertz CT molecular complexity index is 277. The Morgan fingerprint density at radius 1 is 1.29 bits per heavy atom. The first-order chi connectivity index (χ1) is 7.77. The lowest BCUT2D eigenvalue weighted by Crippen LogP contribution is -2.59. The third kappa shape index (κ3) is 2.82. The third-order valence-corrected chi connectivity index (χ3v) is 4.42. The molecule has 0 aromatic heterocycles. The van der Waals surface area contributed by atoms with E-state index in [1.165, 1.54) is 6.42 Å². The summed E-state index contributed by atoms with van der Waals surface area (Å²) in [6, 6.07) is 1.38. The molecule has 1 heterocycles. The highest BCUT2D eigenvalue weighted by atomic mass is 16.2. The zero-order valence-electron chi connectivity index (χ0n) is 12.4. The Hall–Kier alpha value is -0.570. The highest BCUT2D eigenvalue weighted by Crippen LogP contribution is 2.30. The van der Waals surface area contributed by atoms with E-state index in [-0.39, 0.29) is 11.8 Å². The maximum Gasteiger partial charge on any atom is 0.225 e. The van der Waals surface area contributed by atoms with Crippen molar-refractivity contribution in [3.8, 4) is 0 Å². The van der Waals surface area contributed by atoms with E-state index in [2.05, 4.69) is 32.7 Å². The molecular weight excluding hydrogens is 212 g/mol. The molecule has 0 aliphatic carbocycles. The fraction of sp³-hybridized carbons (Fsp3) is 0.929. The van der Waals surface area contributed by atoms with Crippen molar-refractivity contribution in [3.63, 3.8) is 0 Å². The highest BCUT2D eigenvalue weighted by Gasteiger charge is 2.39. The number of likely N-dealkylation sites (tertiary alicyclic amines) is 1. The van der Waals surface area contributed by atoms with Crippen LogP contribution >= 0.6 is 0 Å². The first-order valence-corrected chi connectivity index (χ1v) is 6.76. The standard InChI is InChI=1S/C14H28N2O/c1-9(2)14(17)16(7)13-10(3)8-11(4)15(6)12(13)5/h9-13H,8H2,1-7H3. The second-order valence-corrected chi connectivity index (χ2v) is 6.06. The summed E-state index contributed by atoms with van der Waals surface area (Å²) in [6.07, 6.45) is 1.17. The summed E-state index contributed by atoms with van der Waals surface area (Å²) in [5.74, 6) is 0.921. The molecule has 0 aromatic rings. The third-order valence-electron chi connectivity index (χ3n) is 4.42. The summed E-state index contributed by atoms with van der Waals surface area (Å²) in [6.45, 7) is 10.7. The fourth-order valence-electron chi connectivity index (χ4n) is 3.22. The van der Waals surface area contributed by atoms with Crippen LogP contribution < -0.4 is 0 Å². The van der Waals surface area contributed by atoms with Crippen molar-refractivity contribution < 1.29 is 4.79 Å². The van der Waals surface area contributed by atoms with Crippen LogP contribution in [-0.4, -0.2) is 47.9 Å². The van der Waals surface area contributed by atoms with Crippen molar-refractivity contribution in [2.24, 2.45) is 11.8 Å². The average Bonchev–Trinajstić information content (AvgIpc) is 2.24. The first-order valence-electron chi connectivity index (χ1n) is 6.76. The summed E-state index contributed by atoms with van der Waals surface area (Å²) < 4.78 is 0. The topological polar surface area (TPSA) is 23.6 Å². The van der Waals surface area contributed by atoms with Crippen LogP contribution in [0.1, 0.15) is 41.0 Å². The fourth-order valence-corrected chi connectivity index (χ4v) is 3.22. The quantitative estimate of drug-likeness (QED) is 0.739. The van der Waals surface area contributed by atoms with Gasteiger partial charge in [-0.25, -0.2) is 0 Å². The van der Waals surface area contributed by atoms with Crippen molar-refractivity contribution in [1.29, 1.82) is 0 Å². The van der Waals surface area contributed by atoms with Crippen molar-refractivity contribution in [2.45, 2.75) is 59.2 Å². The molecule has 1 fully saturated rings. The molecule has 4 unspecified atom stereocenters. The Morgan fingerprint density at radius 3 is 2.29 bits per heavy atom. The van der Waals surface area contributed by atoms with Gasteiger partial charge in [0.2, 0.25) is 5.91 Å². The van der Waals surface area contributed by atoms with Crippen LogP contribution in [0.2, 0.25) is 0 Å². The summed E-state index contributed by atoms with van der Waals surface area (Å²) >= 11 is 0. The molecule has 1 amide bonds. The van der Waals surface area contributed by atoms with Crippen LogP contribution in [0.4, 0.5) is 0 Å². The van der Waals surface area contributed by atoms with Gasteiger partial charge in [0.05, 0.1) is 0 Å². The Morgan fingerprint density at radius 2 is 1.82 bits per heavy atom. The van der Waals surface area contributed by atoms with Crippen molar-refractivity contribution >= 4 is 5.91 Å². The maximum atomic E-state index is 12.1. The van der Waals surface area contributed by atoms with Gasteiger partial charge < -0.3 is 4.90 Å². The van der Waals surface area contributed by atoms with Crippen LogP contribution in [0.5, 0.6) is 0 Å². The molecule has 0 saturated carbocycles.